The molecule has 5 nitrogen and oxygen atoms in total. The quantitative estimate of drug-likeness (QED) is 0.789. The first kappa shape index (κ1) is 12.4. The van der Waals surface area contributed by atoms with Crippen LogP contribution in [0.1, 0.15) is 23.0 Å². The molecule has 0 radical (unpaired) electrons. The lowest BCUT2D eigenvalue weighted by Crippen LogP contribution is -2.45. The van der Waals surface area contributed by atoms with Crippen molar-refractivity contribution in [1.82, 2.24) is 15.3 Å². The van der Waals surface area contributed by atoms with Crippen LogP contribution >= 0.6 is 15.9 Å². The zero-order valence-corrected chi connectivity index (χ0v) is 11.5. The van der Waals surface area contributed by atoms with E-state index in [0.717, 1.165) is 21.4 Å². The minimum atomic E-state index is -0.847. The minimum Gasteiger partial charge on any atom is -0.480 e. The lowest BCUT2D eigenvalue weighted by Gasteiger charge is -2.28. The number of H-pyrrole nitrogens is 1. The van der Waals surface area contributed by atoms with Crippen molar-refractivity contribution in [1.29, 1.82) is 0 Å². The van der Waals surface area contributed by atoms with Gasteiger partial charge in [-0.15, -0.1) is 0 Å². The van der Waals surface area contributed by atoms with E-state index < -0.39 is 12.0 Å². The molecule has 2 heterocycles. The zero-order valence-electron chi connectivity index (χ0n) is 9.93. The third-order valence-electron chi connectivity index (χ3n) is 3.28. The topological polar surface area (TPSA) is 78.0 Å². The first-order valence-electron chi connectivity index (χ1n) is 5.91. The van der Waals surface area contributed by atoms with Crippen molar-refractivity contribution in [3.63, 3.8) is 0 Å². The molecular weight excluding hydrogens is 310 g/mol. The highest BCUT2D eigenvalue weighted by molar-refractivity contribution is 9.10. The number of carbonyl (C=O) groups is 1. The van der Waals surface area contributed by atoms with E-state index in [0.29, 0.717) is 6.42 Å². The Labute approximate surface area is 118 Å². The molecule has 0 unspecified atom stereocenters. The van der Waals surface area contributed by atoms with Gasteiger partial charge in [-0.25, -0.2) is 4.98 Å². The van der Waals surface area contributed by atoms with Crippen LogP contribution in [0.15, 0.2) is 35.1 Å². The van der Waals surface area contributed by atoms with Gasteiger partial charge in [-0.2, -0.15) is 0 Å². The van der Waals surface area contributed by atoms with Gasteiger partial charge >= 0.3 is 5.97 Å². The molecule has 1 aromatic carbocycles. The number of imidazole rings is 1. The number of hydrogen-bond donors (Lipinski definition) is 3. The largest absolute Gasteiger partial charge is 0.480 e. The van der Waals surface area contributed by atoms with Crippen molar-refractivity contribution >= 4 is 21.9 Å². The summed E-state index contributed by atoms with van der Waals surface area (Å²) >= 11 is 3.43. The smallest absolute Gasteiger partial charge is 0.321 e. The van der Waals surface area contributed by atoms with Crippen molar-refractivity contribution in [2.45, 2.75) is 18.5 Å². The summed E-state index contributed by atoms with van der Waals surface area (Å²) in [6.45, 7) is 0. The predicted octanol–water partition coefficient (Wildman–Crippen LogP) is 1.86. The molecule has 2 atom stereocenters. The molecule has 0 fully saturated rings. The van der Waals surface area contributed by atoms with Gasteiger partial charge in [-0.1, -0.05) is 28.1 Å². The summed E-state index contributed by atoms with van der Waals surface area (Å²) in [4.78, 5) is 18.6. The Balaban J connectivity index is 2.03. The Morgan fingerprint density at radius 3 is 3.05 bits per heavy atom. The molecule has 1 aliphatic rings. The average molecular weight is 322 g/mol. The third-order valence-corrected chi connectivity index (χ3v) is 3.77. The summed E-state index contributed by atoms with van der Waals surface area (Å²) in [6, 6.07) is 7.00. The summed E-state index contributed by atoms with van der Waals surface area (Å²) in [5, 5.41) is 12.4. The standard InChI is InChI=1S/C13H12BrN3O2/c14-8-3-1-2-7(4-8)11-12-9(15-6-16-12)5-10(17-11)13(18)19/h1-4,6,10-11,17H,5H2,(H,15,16)(H,18,19)/t10-,11-/m1/s1. The van der Waals surface area contributed by atoms with E-state index in [1.165, 1.54) is 0 Å². The van der Waals surface area contributed by atoms with Gasteiger partial charge in [0.15, 0.2) is 0 Å². The molecule has 3 N–H and O–H groups in total. The van der Waals surface area contributed by atoms with Gasteiger partial charge in [0.2, 0.25) is 0 Å². The Morgan fingerprint density at radius 1 is 1.47 bits per heavy atom. The van der Waals surface area contributed by atoms with Gasteiger partial charge in [0.05, 0.1) is 18.1 Å². The van der Waals surface area contributed by atoms with E-state index in [1.54, 1.807) is 6.33 Å². The second-order valence-corrected chi connectivity index (χ2v) is 5.43. The molecule has 0 spiro atoms. The molecule has 6 heteroatoms. The molecule has 3 rings (SSSR count). The third kappa shape index (κ3) is 2.29. The van der Waals surface area contributed by atoms with E-state index in [2.05, 4.69) is 31.2 Å². The molecule has 1 aliphatic heterocycles. The highest BCUT2D eigenvalue weighted by Crippen LogP contribution is 2.29. The Kier molecular flexibility index (Phi) is 3.12. The summed E-state index contributed by atoms with van der Waals surface area (Å²) in [7, 11) is 0. The number of aliphatic carboxylic acids is 1. The van der Waals surface area contributed by atoms with Crippen LogP contribution in [0.2, 0.25) is 0 Å². The first-order valence-corrected chi connectivity index (χ1v) is 6.71. The Hall–Kier alpha value is -1.66. The number of carboxylic acid groups (broad SMARTS) is 1. The maximum Gasteiger partial charge on any atom is 0.321 e. The molecule has 2 aromatic rings. The molecule has 0 aliphatic carbocycles. The van der Waals surface area contributed by atoms with Crippen LogP contribution in [-0.4, -0.2) is 27.1 Å². The number of halogens is 1. The number of benzene rings is 1. The van der Waals surface area contributed by atoms with Gasteiger partial charge in [0, 0.05) is 16.6 Å². The summed E-state index contributed by atoms with van der Waals surface area (Å²) < 4.78 is 0.960. The van der Waals surface area contributed by atoms with Crippen molar-refractivity contribution in [3.8, 4) is 0 Å². The maximum absolute atomic E-state index is 11.2. The molecule has 0 saturated carbocycles. The number of aromatic nitrogens is 2. The van der Waals surface area contributed by atoms with E-state index in [9.17, 15) is 9.90 Å². The minimum absolute atomic E-state index is 0.200. The average Bonchev–Trinajstić information content (AvgIpc) is 2.85. The highest BCUT2D eigenvalue weighted by atomic mass is 79.9. The van der Waals surface area contributed by atoms with Gasteiger partial charge in [-0.3, -0.25) is 10.1 Å². The highest BCUT2D eigenvalue weighted by Gasteiger charge is 2.33. The lowest BCUT2D eigenvalue weighted by molar-refractivity contribution is -0.139. The van der Waals surface area contributed by atoms with Crippen molar-refractivity contribution < 1.29 is 9.90 Å². The van der Waals surface area contributed by atoms with E-state index in [1.807, 2.05) is 24.3 Å². The van der Waals surface area contributed by atoms with E-state index in [4.69, 9.17) is 0 Å². The molecule has 1 aromatic heterocycles. The number of aromatic amines is 1. The molecule has 0 bridgehead atoms. The molecule has 19 heavy (non-hydrogen) atoms. The monoisotopic (exact) mass is 321 g/mol. The molecular formula is C13H12BrN3O2. The van der Waals surface area contributed by atoms with E-state index in [-0.39, 0.29) is 6.04 Å². The summed E-state index contributed by atoms with van der Waals surface area (Å²) in [5.41, 5.74) is 2.75. The fraction of sp³-hybridized carbons (Fsp3) is 0.231. The van der Waals surface area contributed by atoms with Crippen LogP contribution in [0.3, 0.4) is 0 Å². The first-order chi connectivity index (χ1) is 9.15. The number of nitrogens with zero attached hydrogens (tertiary/aromatic N) is 1. The van der Waals surface area contributed by atoms with Crippen LogP contribution in [0.4, 0.5) is 0 Å². The normalized spacial score (nSPS) is 21.9. The van der Waals surface area contributed by atoms with Crippen molar-refractivity contribution in [3.05, 3.63) is 52.0 Å². The SMILES string of the molecule is O=C(O)[C@H]1Cc2[nH]cnc2[C@@H](c2cccc(Br)c2)N1. The van der Waals surface area contributed by atoms with Gasteiger partial charge in [0.1, 0.15) is 6.04 Å². The number of carboxylic acids is 1. The van der Waals surface area contributed by atoms with Crippen LogP contribution in [0, 0.1) is 0 Å². The zero-order chi connectivity index (χ0) is 13.4. The number of rotatable bonds is 2. The van der Waals surface area contributed by atoms with Crippen LogP contribution in [0.25, 0.3) is 0 Å². The summed E-state index contributed by atoms with van der Waals surface area (Å²) in [5.74, 6) is -0.847. The van der Waals surface area contributed by atoms with Gasteiger partial charge < -0.3 is 10.1 Å². The summed E-state index contributed by atoms with van der Waals surface area (Å²) in [6.07, 6.45) is 2.04. The molecule has 98 valence electrons. The van der Waals surface area contributed by atoms with Crippen LogP contribution < -0.4 is 5.32 Å². The van der Waals surface area contributed by atoms with Crippen LogP contribution in [0.5, 0.6) is 0 Å². The van der Waals surface area contributed by atoms with Gasteiger partial charge in [0.25, 0.3) is 0 Å². The fourth-order valence-corrected chi connectivity index (χ4v) is 2.80. The fourth-order valence-electron chi connectivity index (χ4n) is 2.39. The predicted molar refractivity (Wildman–Crippen MR) is 72.8 cm³/mol. The van der Waals surface area contributed by atoms with Crippen molar-refractivity contribution in [2.75, 3.05) is 0 Å². The molecule has 0 amide bonds. The molecule has 0 saturated heterocycles. The number of hydrogen-bond acceptors (Lipinski definition) is 3. The van der Waals surface area contributed by atoms with Crippen molar-refractivity contribution in [2.24, 2.45) is 0 Å². The Bertz CT molecular complexity index is 626. The number of nitrogens with one attached hydrogen (secondary N) is 2. The van der Waals surface area contributed by atoms with Crippen LogP contribution in [-0.2, 0) is 11.2 Å². The lowest BCUT2D eigenvalue weighted by atomic mass is 9.94. The Morgan fingerprint density at radius 2 is 2.32 bits per heavy atom. The maximum atomic E-state index is 11.2. The second kappa shape index (κ2) is 4.79. The number of fused-ring (bicyclic) bond motifs is 1. The van der Waals surface area contributed by atoms with E-state index >= 15 is 0 Å². The van der Waals surface area contributed by atoms with Gasteiger partial charge in [-0.05, 0) is 17.7 Å². The second-order valence-electron chi connectivity index (χ2n) is 4.52.